The van der Waals surface area contributed by atoms with Crippen molar-refractivity contribution in [2.24, 2.45) is 0 Å². The number of nitriles is 1. The summed E-state index contributed by atoms with van der Waals surface area (Å²) >= 11 is 0. The first-order chi connectivity index (χ1) is 28.5. The Morgan fingerprint density at radius 3 is 2.10 bits per heavy atom. The van der Waals surface area contributed by atoms with Crippen LogP contribution < -0.4 is 20.5 Å². The maximum Gasteiger partial charge on any atom is 0.412 e. The molecule has 4 aromatic rings. The number of anilines is 1. The molecule has 0 bridgehead atoms. The molecule has 1 saturated heterocycles. The Kier molecular flexibility index (Phi) is 16.8. The van der Waals surface area contributed by atoms with Gasteiger partial charge in [0, 0.05) is 24.7 Å². The quantitative estimate of drug-likeness (QED) is 0.0486. The van der Waals surface area contributed by atoms with Gasteiger partial charge in [-0.2, -0.15) is 10.2 Å². The maximum atomic E-state index is 13.6. The lowest BCUT2D eigenvalue weighted by Gasteiger charge is -2.39. The molecular formula is C44H56N5O9P. The molecule has 1 unspecified atom stereocenters. The summed E-state index contributed by atoms with van der Waals surface area (Å²) in [6.45, 7) is 10.7. The van der Waals surface area contributed by atoms with E-state index >= 15 is 0 Å². The molecule has 59 heavy (non-hydrogen) atoms. The molecule has 1 aliphatic rings. The first-order valence-electron chi connectivity index (χ1n) is 20.0. The molecule has 4 atom stereocenters. The zero-order valence-corrected chi connectivity index (χ0v) is 35.8. The first kappa shape index (κ1) is 45.2. The zero-order valence-electron chi connectivity index (χ0n) is 34.9. The van der Waals surface area contributed by atoms with Crippen LogP contribution in [0, 0.1) is 11.3 Å². The molecule has 2 heterocycles. The van der Waals surface area contributed by atoms with E-state index in [-0.39, 0.29) is 50.6 Å². The Bertz CT molecular complexity index is 1950. The molecule has 1 amide bonds. The van der Waals surface area contributed by atoms with Crippen LogP contribution in [0.4, 0.5) is 10.6 Å². The normalized spacial score (nSPS) is 17.2. The summed E-state index contributed by atoms with van der Waals surface area (Å²) in [6.07, 6.45) is 0.716. The Morgan fingerprint density at radius 1 is 0.949 bits per heavy atom. The van der Waals surface area contributed by atoms with Crippen LogP contribution in [0.3, 0.4) is 0 Å². The molecule has 3 aromatic carbocycles. The van der Waals surface area contributed by atoms with E-state index in [1.165, 1.54) is 16.8 Å². The molecule has 0 aliphatic carbocycles. The van der Waals surface area contributed by atoms with E-state index < -0.39 is 44.3 Å². The number of amides is 1. The second kappa shape index (κ2) is 21.9. The molecule has 1 aliphatic heterocycles. The van der Waals surface area contributed by atoms with Crippen LogP contribution in [-0.2, 0) is 28.9 Å². The maximum absolute atomic E-state index is 13.6. The summed E-state index contributed by atoms with van der Waals surface area (Å²) in [6, 6.07) is 29.2. The van der Waals surface area contributed by atoms with Crippen molar-refractivity contribution >= 4 is 20.4 Å². The molecule has 14 nitrogen and oxygen atoms in total. The van der Waals surface area contributed by atoms with E-state index in [0.717, 1.165) is 29.5 Å². The molecule has 316 valence electrons. The Morgan fingerprint density at radius 2 is 1.56 bits per heavy atom. The molecular weight excluding hydrogens is 773 g/mol. The van der Waals surface area contributed by atoms with Crippen LogP contribution in [0.1, 0.15) is 83.2 Å². The predicted molar refractivity (Wildman–Crippen MR) is 225 cm³/mol. The number of ether oxygens (including phenoxy) is 5. The van der Waals surface area contributed by atoms with Crippen molar-refractivity contribution in [3.63, 3.8) is 0 Å². The molecule has 1 aromatic heterocycles. The van der Waals surface area contributed by atoms with E-state index in [2.05, 4.69) is 48.7 Å². The number of carbonyl (C=O) groups is 1. The molecule has 1 N–H and O–H groups in total. The minimum Gasteiger partial charge on any atom is -0.497 e. The number of hydrogen-bond donors (Lipinski definition) is 1. The largest absolute Gasteiger partial charge is 0.497 e. The Hall–Kier alpha value is -4.87. The summed E-state index contributed by atoms with van der Waals surface area (Å²) in [5.41, 5.74) is 0.763. The molecule has 1 fully saturated rings. The highest BCUT2D eigenvalue weighted by atomic mass is 31.2. The minimum atomic E-state index is -1.70. The summed E-state index contributed by atoms with van der Waals surface area (Å²) in [5.74, 6) is 1.45. The number of benzene rings is 3. The number of nitrogens with one attached hydrogen (secondary N) is 1. The van der Waals surface area contributed by atoms with Crippen LogP contribution in [0.25, 0.3) is 0 Å². The number of carbonyl (C=O) groups excluding carboxylic acids is 1. The number of aromatic nitrogens is 2. The third-order valence-corrected chi connectivity index (χ3v) is 12.0. The molecule has 0 saturated carbocycles. The van der Waals surface area contributed by atoms with Gasteiger partial charge in [0.15, 0.2) is 0 Å². The van der Waals surface area contributed by atoms with Gasteiger partial charge in [0.25, 0.3) is 8.53 Å². The van der Waals surface area contributed by atoms with E-state index in [0.29, 0.717) is 11.5 Å². The molecule has 0 spiro atoms. The zero-order chi connectivity index (χ0) is 42.4. The van der Waals surface area contributed by atoms with Crippen molar-refractivity contribution < 1.29 is 37.5 Å². The summed E-state index contributed by atoms with van der Waals surface area (Å²) in [5, 5.41) is 11.9. The van der Waals surface area contributed by atoms with Gasteiger partial charge in [-0.25, -0.2) is 14.3 Å². The summed E-state index contributed by atoms with van der Waals surface area (Å²) in [4.78, 5) is 30.0. The van der Waals surface area contributed by atoms with Gasteiger partial charge in [0.05, 0.1) is 52.6 Å². The third kappa shape index (κ3) is 11.5. The fourth-order valence-corrected chi connectivity index (χ4v) is 8.73. The van der Waals surface area contributed by atoms with E-state index in [1.54, 1.807) is 14.2 Å². The second-order valence-corrected chi connectivity index (χ2v) is 15.9. The van der Waals surface area contributed by atoms with Crippen LogP contribution in [0.2, 0.25) is 0 Å². The smallest absolute Gasteiger partial charge is 0.412 e. The fourth-order valence-electron chi connectivity index (χ4n) is 6.98. The van der Waals surface area contributed by atoms with Gasteiger partial charge in [0.1, 0.15) is 35.2 Å². The van der Waals surface area contributed by atoms with Gasteiger partial charge in [-0.3, -0.25) is 9.88 Å². The topological polar surface area (TPSA) is 156 Å². The van der Waals surface area contributed by atoms with Crippen molar-refractivity contribution in [2.45, 2.75) is 96.4 Å². The number of unbranched alkanes of at least 4 members (excludes halogenated alkanes) is 1. The second-order valence-electron chi connectivity index (χ2n) is 14.5. The Labute approximate surface area is 348 Å². The highest BCUT2D eigenvalue weighted by molar-refractivity contribution is 7.44. The van der Waals surface area contributed by atoms with E-state index in [4.69, 9.17) is 32.7 Å². The lowest BCUT2D eigenvalue weighted by molar-refractivity contribution is -0.0925. The minimum absolute atomic E-state index is 0.0181. The molecule has 5 rings (SSSR count). The van der Waals surface area contributed by atoms with Crippen LogP contribution in [0.15, 0.2) is 95.9 Å². The van der Waals surface area contributed by atoms with Crippen LogP contribution in [-0.4, -0.2) is 78.6 Å². The highest BCUT2D eigenvalue weighted by Gasteiger charge is 2.45. The predicted octanol–water partition coefficient (Wildman–Crippen LogP) is 8.57. The number of nitrogens with zero attached hydrogens (tertiary/aromatic N) is 4. The molecule has 0 radical (unpaired) electrons. The fraction of sp³-hybridized carbons (Fsp3) is 0.455. The van der Waals surface area contributed by atoms with Gasteiger partial charge >= 0.3 is 11.8 Å². The highest BCUT2D eigenvalue weighted by Crippen LogP contribution is 2.50. The molecule has 15 heteroatoms. The standard InChI is InChI=1S/C44H56N5O9P/c1-8-9-27-54-43(51)47-40-24-26-48(42(50)46-40)41-29-38(58-59(56-28-13-25-45)49(31(2)3)32(4)5)39(57-41)30-55-44(33-14-11-10-12-15-33,34-16-20-36(52-6)21-17-34)35-18-22-37(53-7)23-19-35/h10-12,14-24,26,31-32,38-39,41H,8-9,13,27-30H2,1-7H3,(H,46,47,50,51)/t38-,39+,41+,59?/m0/s1. The monoisotopic (exact) mass is 829 g/mol. The number of rotatable bonds is 21. The number of methoxy groups -OCH3 is 2. The van der Waals surface area contributed by atoms with E-state index in [1.807, 2.05) is 85.8 Å². The van der Waals surface area contributed by atoms with Crippen molar-refractivity contribution in [1.29, 1.82) is 5.26 Å². The average molecular weight is 830 g/mol. The first-order valence-corrected chi connectivity index (χ1v) is 21.1. The van der Waals surface area contributed by atoms with Crippen molar-refractivity contribution in [2.75, 3.05) is 39.4 Å². The van der Waals surface area contributed by atoms with Gasteiger partial charge in [0.2, 0.25) is 0 Å². The Balaban J connectivity index is 1.55. The number of hydrogen-bond acceptors (Lipinski definition) is 12. The van der Waals surface area contributed by atoms with Crippen LogP contribution in [0.5, 0.6) is 11.5 Å². The van der Waals surface area contributed by atoms with Crippen LogP contribution >= 0.6 is 8.53 Å². The van der Waals surface area contributed by atoms with E-state index in [9.17, 15) is 14.9 Å². The summed E-state index contributed by atoms with van der Waals surface area (Å²) < 4.78 is 47.0. The summed E-state index contributed by atoms with van der Waals surface area (Å²) in [7, 11) is 1.55. The lowest BCUT2D eigenvalue weighted by atomic mass is 9.80. The van der Waals surface area contributed by atoms with Gasteiger partial charge in [-0.1, -0.05) is 67.9 Å². The van der Waals surface area contributed by atoms with Gasteiger partial charge < -0.3 is 32.7 Å². The van der Waals surface area contributed by atoms with Gasteiger partial charge in [-0.15, -0.1) is 0 Å². The SMILES string of the molecule is CCCCOC(=O)Nc1ccn([C@H]2C[C@H](OP(OCCC#N)N(C(C)C)C(C)C)[C@@H](COC(c3ccccc3)(c3ccc(OC)cc3)c3ccc(OC)cc3)O2)c(=O)n1. The lowest BCUT2D eigenvalue weighted by Crippen LogP contribution is -2.39. The van der Waals surface area contributed by atoms with Crippen molar-refractivity contribution in [3.05, 3.63) is 118 Å². The third-order valence-electron chi connectivity index (χ3n) is 9.81. The van der Waals surface area contributed by atoms with Gasteiger partial charge in [-0.05, 0) is 81.1 Å². The van der Waals surface area contributed by atoms with Crippen molar-refractivity contribution in [1.82, 2.24) is 14.2 Å². The van der Waals surface area contributed by atoms with Crippen molar-refractivity contribution in [3.8, 4) is 17.6 Å². The average Bonchev–Trinajstić information content (AvgIpc) is 3.63.